The largest absolute Gasteiger partial charge is 0.497 e. The summed E-state index contributed by atoms with van der Waals surface area (Å²) in [5.74, 6) is 0.305. The lowest BCUT2D eigenvalue weighted by molar-refractivity contribution is 0.101. The van der Waals surface area contributed by atoms with E-state index >= 15 is 0 Å². The number of ether oxygens (including phenoxy) is 1. The van der Waals surface area contributed by atoms with Crippen molar-refractivity contribution in [2.75, 3.05) is 12.9 Å². The summed E-state index contributed by atoms with van der Waals surface area (Å²) in [6.07, 6.45) is 0. The van der Waals surface area contributed by atoms with Gasteiger partial charge in [0, 0.05) is 4.90 Å². The maximum atomic E-state index is 13.4. The zero-order chi connectivity index (χ0) is 13.7. The van der Waals surface area contributed by atoms with Crippen LogP contribution < -0.4 is 4.74 Å². The Hall–Kier alpha value is -1.81. The number of benzene rings is 2. The number of rotatable bonds is 5. The summed E-state index contributed by atoms with van der Waals surface area (Å²) in [5, 5.41) is 0. The first-order valence-corrected chi connectivity index (χ1v) is 6.74. The van der Waals surface area contributed by atoms with Crippen LogP contribution in [0, 0.1) is 5.82 Å². The molecule has 4 heteroatoms. The maximum Gasteiger partial charge on any atom is 0.176 e. The average molecular weight is 276 g/mol. The molecule has 2 aromatic rings. The first-order chi connectivity index (χ1) is 9.20. The summed E-state index contributed by atoms with van der Waals surface area (Å²) in [7, 11) is 1.60. The molecule has 19 heavy (non-hydrogen) atoms. The zero-order valence-corrected chi connectivity index (χ0v) is 11.2. The summed E-state index contributed by atoms with van der Waals surface area (Å²) in [4.78, 5) is 12.8. The second kappa shape index (κ2) is 6.38. The van der Waals surface area contributed by atoms with Crippen LogP contribution in [0.3, 0.4) is 0 Å². The molecule has 0 aliphatic carbocycles. The Kier molecular flexibility index (Phi) is 4.58. The molecule has 0 atom stereocenters. The van der Waals surface area contributed by atoms with Gasteiger partial charge in [0.2, 0.25) is 0 Å². The Labute approximate surface area is 115 Å². The van der Waals surface area contributed by atoms with Crippen molar-refractivity contribution in [3.8, 4) is 5.75 Å². The van der Waals surface area contributed by atoms with Gasteiger partial charge in [-0.3, -0.25) is 4.79 Å². The average Bonchev–Trinajstić information content (AvgIpc) is 2.46. The molecule has 0 radical (unpaired) electrons. The highest BCUT2D eigenvalue weighted by Gasteiger charge is 2.11. The minimum atomic E-state index is -0.470. The fraction of sp³-hybridized carbons (Fsp3) is 0.133. The van der Waals surface area contributed by atoms with Crippen molar-refractivity contribution in [3.05, 3.63) is 59.9 Å². The molecular weight excluding hydrogens is 263 g/mol. The monoisotopic (exact) mass is 276 g/mol. The number of Topliss-reactive ketones (excluding diaryl/α,β-unsaturated/α-hetero) is 1. The van der Waals surface area contributed by atoms with Gasteiger partial charge in [-0.15, -0.1) is 11.8 Å². The number of carbonyl (C=O) groups is 1. The molecule has 0 unspecified atom stereocenters. The standard InChI is InChI=1S/C15H13FO2S/c1-18-11-6-8-12(9-7-11)19-10-15(17)13-4-2-3-5-14(13)16/h2-9H,10H2,1H3. The topological polar surface area (TPSA) is 26.3 Å². The van der Waals surface area contributed by atoms with Gasteiger partial charge in [0.25, 0.3) is 0 Å². The van der Waals surface area contributed by atoms with Gasteiger partial charge in [0.15, 0.2) is 5.78 Å². The SMILES string of the molecule is COc1ccc(SCC(=O)c2ccccc2F)cc1. The van der Waals surface area contributed by atoms with Gasteiger partial charge in [-0.1, -0.05) is 12.1 Å². The molecule has 2 rings (SSSR count). The molecule has 0 saturated heterocycles. The van der Waals surface area contributed by atoms with Crippen molar-refractivity contribution in [2.45, 2.75) is 4.90 Å². The Morgan fingerprint density at radius 2 is 1.84 bits per heavy atom. The highest BCUT2D eigenvalue weighted by Crippen LogP contribution is 2.22. The van der Waals surface area contributed by atoms with E-state index < -0.39 is 5.82 Å². The second-order valence-electron chi connectivity index (χ2n) is 3.87. The van der Waals surface area contributed by atoms with Gasteiger partial charge in [-0.2, -0.15) is 0 Å². The first kappa shape index (κ1) is 13.6. The van der Waals surface area contributed by atoms with Crippen molar-refractivity contribution in [3.63, 3.8) is 0 Å². The van der Waals surface area contributed by atoms with Crippen molar-refractivity contribution >= 4 is 17.5 Å². The van der Waals surface area contributed by atoms with E-state index in [-0.39, 0.29) is 17.1 Å². The fourth-order valence-electron chi connectivity index (χ4n) is 1.59. The summed E-state index contributed by atoms with van der Waals surface area (Å²) in [6.45, 7) is 0. The molecule has 0 amide bonds. The smallest absolute Gasteiger partial charge is 0.176 e. The van der Waals surface area contributed by atoms with E-state index in [0.29, 0.717) is 0 Å². The molecule has 98 valence electrons. The Bertz CT molecular complexity index is 567. The molecule has 0 N–H and O–H groups in total. The van der Waals surface area contributed by atoms with Crippen LogP contribution in [0.15, 0.2) is 53.4 Å². The molecule has 0 fully saturated rings. The molecule has 0 aliphatic heterocycles. The predicted molar refractivity (Wildman–Crippen MR) is 74.4 cm³/mol. The van der Waals surface area contributed by atoms with Crippen LogP contribution in [0.4, 0.5) is 4.39 Å². The van der Waals surface area contributed by atoms with Crippen LogP contribution >= 0.6 is 11.8 Å². The molecule has 0 aliphatic rings. The highest BCUT2D eigenvalue weighted by molar-refractivity contribution is 8.00. The van der Waals surface area contributed by atoms with Crippen LogP contribution in [0.1, 0.15) is 10.4 Å². The Balaban J connectivity index is 1.98. The number of thioether (sulfide) groups is 1. The van der Waals surface area contributed by atoms with Gasteiger partial charge in [0.1, 0.15) is 11.6 Å². The third-order valence-electron chi connectivity index (χ3n) is 2.60. The number of hydrogen-bond donors (Lipinski definition) is 0. The van der Waals surface area contributed by atoms with Crippen molar-refractivity contribution < 1.29 is 13.9 Å². The minimum absolute atomic E-state index is 0.142. The van der Waals surface area contributed by atoms with E-state index in [0.717, 1.165) is 10.6 Å². The lowest BCUT2D eigenvalue weighted by atomic mass is 10.1. The third-order valence-corrected chi connectivity index (χ3v) is 3.62. The van der Waals surface area contributed by atoms with Gasteiger partial charge >= 0.3 is 0 Å². The zero-order valence-electron chi connectivity index (χ0n) is 10.4. The normalized spacial score (nSPS) is 10.2. The summed E-state index contributed by atoms with van der Waals surface area (Å²) in [5.41, 5.74) is 0.142. The molecule has 0 bridgehead atoms. The van der Waals surface area contributed by atoms with Gasteiger partial charge in [-0.25, -0.2) is 4.39 Å². The molecule has 2 nitrogen and oxygen atoms in total. The van der Waals surface area contributed by atoms with E-state index in [1.54, 1.807) is 19.2 Å². The molecule has 0 aromatic heterocycles. The third kappa shape index (κ3) is 3.58. The predicted octanol–water partition coefficient (Wildman–Crippen LogP) is 3.81. The van der Waals surface area contributed by atoms with Crippen molar-refractivity contribution in [1.82, 2.24) is 0 Å². The molecular formula is C15H13FO2S. The number of halogens is 1. The molecule has 0 spiro atoms. The summed E-state index contributed by atoms with van der Waals surface area (Å²) < 4.78 is 18.5. The lowest BCUT2D eigenvalue weighted by Crippen LogP contribution is -2.04. The van der Waals surface area contributed by atoms with Crippen molar-refractivity contribution in [1.29, 1.82) is 0 Å². The van der Waals surface area contributed by atoms with Gasteiger partial charge < -0.3 is 4.74 Å². The highest BCUT2D eigenvalue weighted by atomic mass is 32.2. The van der Waals surface area contributed by atoms with Crippen LogP contribution in [0.2, 0.25) is 0 Å². The fourth-order valence-corrected chi connectivity index (χ4v) is 2.37. The lowest BCUT2D eigenvalue weighted by Gasteiger charge is -2.04. The molecule has 2 aromatic carbocycles. The van der Waals surface area contributed by atoms with Crippen LogP contribution in [0.5, 0.6) is 5.75 Å². The van der Waals surface area contributed by atoms with E-state index in [2.05, 4.69) is 0 Å². The Morgan fingerprint density at radius 1 is 1.16 bits per heavy atom. The number of hydrogen-bond acceptors (Lipinski definition) is 3. The van der Waals surface area contributed by atoms with Crippen LogP contribution in [-0.2, 0) is 0 Å². The second-order valence-corrected chi connectivity index (χ2v) is 4.92. The van der Waals surface area contributed by atoms with Gasteiger partial charge in [0.05, 0.1) is 18.4 Å². The van der Waals surface area contributed by atoms with Crippen molar-refractivity contribution in [2.24, 2.45) is 0 Å². The number of ketones is 1. The van der Waals surface area contributed by atoms with E-state index in [1.807, 2.05) is 24.3 Å². The van der Waals surface area contributed by atoms with Crippen LogP contribution in [0.25, 0.3) is 0 Å². The molecule has 0 heterocycles. The number of carbonyl (C=O) groups excluding carboxylic acids is 1. The minimum Gasteiger partial charge on any atom is -0.497 e. The quantitative estimate of drug-likeness (QED) is 0.613. The molecule has 0 saturated carbocycles. The van der Waals surface area contributed by atoms with E-state index in [1.165, 1.54) is 23.9 Å². The summed E-state index contributed by atoms with van der Waals surface area (Å²) in [6, 6.07) is 13.4. The Morgan fingerprint density at radius 3 is 2.47 bits per heavy atom. The van der Waals surface area contributed by atoms with E-state index in [9.17, 15) is 9.18 Å². The maximum absolute atomic E-state index is 13.4. The first-order valence-electron chi connectivity index (χ1n) is 5.75. The summed E-state index contributed by atoms with van der Waals surface area (Å²) >= 11 is 1.38. The van der Waals surface area contributed by atoms with E-state index in [4.69, 9.17) is 4.74 Å². The van der Waals surface area contributed by atoms with Gasteiger partial charge in [-0.05, 0) is 36.4 Å². The number of methoxy groups -OCH3 is 1. The van der Waals surface area contributed by atoms with Crippen LogP contribution in [-0.4, -0.2) is 18.6 Å².